The van der Waals surface area contributed by atoms with Crippen LogP contribution in [0.1, 0.15) is 36.2 Å². The van der Waals surface area contributed by atoms with Crippen LogP contribution in [-0.2, 0) is 6.42 Å². The van der Waals surface area contributed by atoms with Crippen molar-refractivity contribution in [2.75, 3.05) is 0 Å². The second-order valence-electron chi connectivity index (χ2n) is 3.95. The number of aromatic hydroxyl groups is 1. The molecule has 0 aromatic heterocycles. The van der Waals surface area contributed by atoms with Crippen LogP contribution in [0.3, 0.4) is 0 Å². The zero-order valence-corrected chi connectivity index (χ0v) is 9.33. The number of aromatic carboxylic acids is 1. The lowest BCUT2D eigenvalue weighted by molar-refractivity contribution is 0.0694. The Hall–Kier alpha value is -1.58. The van der Waals surface area contributed by atoms with E-state index in [-0.39, 0.29) is 17.0 Å². The highest BCUT2D eigenvalue weighted by Gasteiger charge is 2.18. The number of benzene rings is 1. The summed E-state index contributed by atoms with van der Waals surface area (Å²) in [5.41, 5.74) is 0.0115. The van der Waals surface area contributed by atoms with E-state index in [1.54, 1.807) is 0 Å². The number of halogens is 1. The smallest absolute Gasteiger partial charge is 0.336 e. The molecule has 1 atom stereocenters. The summed E-state index contributed by atoms with van der Waals surface area (Å²) in [6.45, 7) is 3.86. The number of phenolic OH excluding ortho intramolecular Hbond substituents is 1. The molecule has 4 heteroatoms. The minimum absolute atomic E-state index is 0.0735. The largest absolute Gasteiger partial charge is 0.505 e. The summed E-state index contributed by atoms with van der Waals surface area (Å²) < 4.78 is 13.6. The Bertz CT molecular complexity index is 401. The molecule has 0 spiro atoms. The van der Waals surface area contributed by atoms with Gasteiger partial charge in [0.25, 0.3) is 0 Å². The van der Waals surface area contributed by atoms with Gasteiger partial charge in [-0.1, -0.05) is 20.3 Å². The number of phenols is 1. The summed E-state index contributed by atoms with van der Waals surface area (Å²) in [7, 11) is 0. The van der Waals surface area contributed by atoms with Gasteiger partial charge in [-0.25, -0.2) is 9.18 Å². The normalized spacial score (nSPS) is 12.4. The SMILES string of the molecule is CCC(C)Cc1c(C(=O)O)ccc(O)c1F. The predicted molar refractivity (Wildman–Crippen MR) is 58.2 cm³/mol. The average molecular weight is 226 g/mol. The lowest BCUT2D eigenvalue weighted by Crippen LogP contribution is -2.09. The van der Waals surface area contributed by atoms with Crippen LogP contribution < -0.4 is 0 Å². The number of rotatable bonds is 4. The van der Waals surface area contributed by atoms with E-state index in [1.165, 1.54) is 6.07 Å². The quantitative estimate of drug-likeness (QED) is 0.830. The number of carboxylic acid groups (broad SMARTS) is 1. The third-order valence-corrected chi connectivity index (χ3v) is 2.70. The van der Waals surface area contributed by atoms with Gasteiger partial charge in [0, 0.05) is 5.56 Å². The third-order valence-electron chi connectivity index (χ3n) is 2.70. The maximum atomic E-state index is 13.6. The predicted octanol–water partition coefficient (Wildman–Crippen LogP) is 2.82. The Morgan fingerprint density at radius 1 is 1.50 bits per heavy atom. The van der Waals surface area contributed by atoms with Gasteiger partial charge in [0.15, 0.2) is 11.6 Å². The first kappa shape index (κ1) is 12.5. The van der Waals surface area contributed by atoms with Crippen LogP contribution in [0.15, 0.2) is 12.1 Å². The van der Waals surface area contributed by atoms with Crippen molar-refractivity contribution in [3.63, 3.8) is 0 Å². The molecule has 2 N–H and O–H groups in total. The molecular formula is C12H15FO3. The summed E-state index contributed by atoms with van der Waals surface area (Å²) in [6.07, 6.45) is 1.15. The van der Waals surface area contributed by atoms with Gasteiger partial charge in [-0.3, -0.25) is 0 Å². The van der Waals surface area contributed by atoms with Crippen molar-refractivity contribution in [1.29, 1.82) is 0 Å². The Kier molecular flexibility index (Phi) is 3.88. The van der Waals surface area contributed by atoms with E-state index >= 15 is 0 Å². The van der Waals surface area contributed by atoms with Crippen LogP contribution in [0.25, 0.3) is 0 Å². The Morgan fingerprint density at radius 2 is 2.12 bits per heavy atom. The highest BCUT2D eigenvalue weighted by Crippen LogP contribution is 2.26. The number of carboxylic acids is 1. The van der Waals surface area contributed by atoms with E-state index in [9.17, 15) is 14.3 Å². The van der Waals surface area contributed by atoms with Crippen molar-refractivity contribution in [3.8, 4) is 5.75 Å². The van der Waals surface area contributed by atoms with E-state index < -0.39 is 17.5 Å². The molecule has 1 unspecified atom stereocenters. The van der Waals surface area contributed by atoms with Crippen LogP contribution in [0.2, 0.25) is 0 Å². The molecule has 0 aliphatic rings. The van der Waals surface area contributed by atoms with Crippen molar-refractivity contribution in [2.24, 2.45) is 5.92 Å². The standard InChI is InChI=1S/C12H15FO3/c1-3-7(2)6-9-8(12(15)16)4-5-10(14)11(9)13/h4-5,7,14H,3,6H2,1-2H3,(H,15,16). The van der Waals surface area contributed by atoms with E-state index in [4.69, 9.17) is 5.11 Å². The number of hydrogen-bond donors (Lipinski definition) is 2. The van der Waals surface area contributed by atoms with Gasteiger partial charge >= 0.3 is 5.97 Å². The van der Waals surface area contributed by atoms with Crippen molar-refractivity contribution in [1.82, 2.24) is 0 Å². The average Bonchev–Trinajstić information content (AvgIpc) is 2.24. The van der Waals surface area contributed by atoms with Crippen LogP contribution in [0, 0.1) is 11.7 Å². The monoisotopic (exact) mass is 226 g/mol. The van der Waals surface area contributed by atoms with E-state index in [1.807, 2.05) is 13.8 Å². The van der Waals surface area contributed by atoms with Crippen molar-refractivity contribution >= 4 is 5.97 Å². The number of hydrogen-bond acceptors (Lipinski definition) is 2. The van der Waals surface area contributed by atoms with Crippen molar-refractivity contribution in [2.45, 2.75) is 26.7 Å². The molecule has 88 valence electrons. The van der Waals surface area contributed by atoms with Crippen molar-refractivity contribution < 1.29 is 19.4 Å². The lowest BCUT2D eigenvalue weighted by atomic mass is 9.94. The van der Waals surface area contributed by atoms with Crippen LogP contribution in [-0.4, -0.2) is 16.2 Å². The zero-order valence-electron chi connectivity index (χ0n) is 9.33. The number of carbonyl (C=O) groups is 1. The second kappa shape index (κ2) is 4.96. The molecule has 0 radical (unpaired) electrons. The van der Waals surface area contributed by atoms with E-state index in [0.717, 1.165) is 12.5 Å². The van der Waals surface area contributed by atoms with Gasteiger partial charge in [-0.15, -0.1) is 0 Å². The molecule has 0 aliphatic carbocycles. The highest BCUT2D eigenvalue weighted by molar-refractivity contribution is 5.89. The first-order valence-electron chi connectivity index (χ1n) is 5.21. The molecule has 0 bridgehead atoms. The molecule has 1 aromatic carbocycles. The maximum Gasteiger partial charge on any atom is 0.336 e. The van der Waals surface area contributed by atoms with Crippen molar-refractivity contribution in [3.05, 3.63) is 29.1 Å². The van der Waals surface area contributed by atoms with Crippen LogP contribution in [0.4, 0.5) is 4.39 Å². The molecule has 0 heterocycles. The van der Waals surface area contributed by atoms with Crippen LogP contribution >= 0.6 is 0 Å². The first-order valence-corrected chi connectivity index (χ1v) is 5.21. The van der Waals surface area contributed by atoms with Gasteiger partial charge in [-0.2, -0.15) is 0 Å². The van der Waals surface area contributed by atoms with Gasteiger partial charge in [0.1, 0.15) is 0 Å². The van der Waals surface area contributed by atoms with E-state index in [0.29, 0.717) is 6.42 Å². The van der Waals surface area contributed by atoms with Gasteiger partial charge in [0.05, 0.1) is 5.56 Å². The molecule has 0 amide bonds. The summed E-state index contributed by atoms with van der Waals surface area (Å²) in [4.78, 5) is 10.9. The first-order chi connectivity index (χ1) is 7.47. The second-order valence-corrected chi connectivity index (χ2v) is 3.95. The minimum atomic E-state index is -1.17. The third kappa shape index (κ3) is 2.51. The topological polar surface area (TPSA) is 57.5 Å². The molecule has 16 heavy (non-hydrogen) atoms. The van der Waals surface area contributed by atoms with Gasteiger partial charge < -0.3 is 10.2 Å². The molecular weight excluding hydrogens is 211 g/mol. The molecule has 0 aliphatic heterocycles. The van der Waals surface area contributed by atoms with Crippen LogP contribution in [0.5, 0.6) is 5.75 Å². The fourth-order valence-corrected chi connectivity index (χ4v) is 1.50. The summed E-state index contributed by atoms with van der Waals surface area (Å²) in [5, 5.41) is 18.1. The Morgan fingerprint density at radius 3 is 2.62 bits per heavy atom. The fraction of sp³-hybridized carbons (Fsp3) is 0.417. The van der Waals surface area contributed by atoms with E-state index in [2.05, 4.69) is 0 Å². The maximum absolute atomic E-state index is 13.6. The summed E-state index contributed by atoms with van der Waals surface area (Å²) in [6, 6.07) is 2.30. The molecule has 1 aromatic rings. The minimum Gasteiger partial charge on any atom is -0.505 e. The molecule has 0 saturated carbocycles. The molecule has 3 nitrogen and oxygen atoms in total. The highest BCUT2D eigenvalue weighted by atomic mass is 19.1. The molecule has 0 saturated heterocycles. The molecule has 0 fully saturated rings. The van der Waals surface area contributed by atoms with Gasteiger partial charge in [-0.05, 0) is 24.5 Å². The molecule has 1 rings (SSSR count). The Balaban J connectivity index is 3.21. The Labute approximate surface area is 93.5 Å². The summed E-state index contributed by atoms with van der Waals surface area (Å²) in [5.74, 6) is -2.31. The zero-order chi connectivity index (χ0) is 12.3. The summed E-state index contributed by atoms with van der Waals surface area (Å²) >= 11 is 0. The fourth-order valence-electron chi connectivity index (χ4n) is 1.50. The lowest BCUT2D eigenvalue weighted by Gasteiger charge is -2.12. The van der Waals surface area contributed by atoms with Gasteiger partial charge in [0.2, 0.25) is 0 Å².